The summed E-state index contributed by atoms with van der Waals surface area (Å²) in [5.74, 6) is -2.86. The van der Waals surface area contributed by atoms with E-state index in [0.717, 1.165) is 24.3 Å². The number of nitrogen functional groups attached to an aromatic ring is 1. The maximum absolute atomic E-state index is 12.6. The molecule has 1 fully saturated rings. The SMILES string of the molecule is Nc1nc(Cl)nc2c1ncn2[C@@H]1OC(COC(C(=O)O)(c2ccc(OC(F)(F)F)cc2)c2nn[nH]n2)[C@@H](O)[C@H]1O. The number of halogens is 4. The molecule has 16 nitrogen and oxygen atoms in total. The number of rotatable bonds is 8. The van der Waals surface area contributed by atoms with Crippen molar-refractivity contribution in [1.29, 1.82) is 0 Å². The molecule has 1 aliphatic rings. The molecule has 5 rings (SSSR count). The number of imidazole rings is 1. The molecule has 3 aromatic heterocycles. The fourth-order valence-electron chi connectivity index (χ4n) is 4.16. The summed E-state index contributed by atoms with van der Waals surface area (Å²) in [4.78, 5) is 24.5. The van der Waals surface area contributed by atoms with Crippen molar-refractivity contribution >= 4 is 34.6 Å². The minimum atomic E-state index is -4.98. The van der Waals surface area contributed by atoms with Gasteiger partial charge < -0.3 is 35.3 Å². The number of aromatic nitrogens is 8. The Morgan fingerprint density at radius 2 is 1.93 bits per heavy atom. The third-order valence-corrected chi connectivity index (χ3v) is 6.12. The molecule has 2 unspecified atom stereocenters. The summed E-state index contributed by atoms with van der Waals surface area (Å²) in [5.41, 5.74) is 3.28. The van der Waals surface area contributed by atoms with Crippen LogP contribution in [0.15, 0.2) is 30.6 Å². The van der Waals surface area contributed by atoms with E-state index in [-0.39, 0.29) is 27.8 Å². The highest BCUT2D eigenvalue weighted by molar-refractivity contribution is 6.28. The van der Waals surface area contributed by atoms with Gasteiger partial charge in [0.25, 0.3) is 5.60 Å². The molecule has 40 heavy (non-hydrogen) atoms. The van der Waals surface area contributed by atoms with Gasteiger partial charge in [-0.3, -0.25) is 4.57 Å². The predicted molar refractivity (Wildman–Crippen MR) is 122 cm³/mol. The summed E-state index contributed by atoms with van der Waals surface area (Å²) < 4.78 is 54.3. The van der Waals surface area contributed by atoms with Crippen molar-refractivity contribution in [2.24, 2.45) is 0 Å². The fourth-order valence-corrected chi connectivity index (χ4v) is 4.33. The van der Waals surface area contributed by atoms with Crippen LogP contribution in [0.25, 0.3) is 11.2 Å². The van der Waals surface area contributed by atoms with Crippen molar-refractivity contribution in [1.82, 2.24) is 40.1 Å². The van der Waals surface area contributed by atoms with E-state index in [0.29, 0.717) is 0 Å². The van der Waals surface area contributed by atoms with E-state index >= 15 is 0 Å². The Bertz CT molecular complexity index is 1520. The van der Waals surface area contributed by atoms with Crippen molar-refractivity contribution < 1.29 is 47.5 Å². The second kappa shape index (κ2) is 10.1. The molecule has 212 valence electrons. The van der Waals surface area contributed by atoms with Crippen molar-refractivity contribution in [3.8, 4) is 5.75 Å². The van der Waals surface area contributed by atoms with E-state index in [1.165, 1.54) is 10.9 Å². The number of H-pyrrole nitrogens is 1. The van der Waals surface area contributed by atoms with Crippen molar-refractivity contribution in [2.45, 2.75) is 36.5 Å². The Morgan fingerprint density at radius 3 is 2.55 bits per heavy atom. The third kappa shape index (κ3) is 4.84. The van der Waals surface area contributed by atoms with Crippen LogP contribution in [0.5, 0.6) is 5.75 Å². The Morgan fingerprint density at radius 1 is 1.20 bits per heavy atom. The van der Waals surface area contributed by atoms with Crippen LogP contribution in [-0.2, 0) is 19.9 Å². The van der Waals surface area contributed by atoms with Crippen LogP contribution in [0.4, 0.5) is 19.0 Å². The summed E-state index contributed by atoms with van der Waals surface area (Å²) in [6.45, 7) is -0.680. The first-order chi connectivity index (χ1) is 18.9. The molecule has 1 aliphatic heterocycles. The topological polar surface area (TPSA) is 230 Å². The average molecular weight is 588 g/mol. The highest BCUT2D eigenvalue weighted by atomic mass is 35.5. The molecule has 4 heterocycles. The number of nitrogens with two attached hydrogens (primary N) is 1. The lowest BCUT2D eigenvalue weighted by Gasteiger charge is -2.29. The van der Waals surface area contributed by atoms with Gasteiger partial charge in [-0.1, -0.05) is 17.3 Å². The number of tetrazole rings is 1. The van der Waals surface area contributed by atoms with E-state index in [1.54, 1.807) is 0 Å². The predicted octanol–water partition coefficient (Wildman–Crippen LogP) is 0.138. The van der Waals surface area contributed by atoms with Crippen molar-refractivity contribution in [2.75, 3.05) is 12.3 Å². The molecule has 6 N–H and O–H groups in total. The number of aliphatic carboxylic acids is 1. The van der Waals surface area contributed by atoms with E-state index in [4.69, 9.17) is 26.8 Å². The second-order valence-corrected chi connectivity index (χ2v) is 8.69. The number of alkyl halides is 3. The molecule has 1 saturated heterocycles. The second-order valence-electron chi connectivity index (χ2n) is 8.35. The summed E-state index contributed by atoms with van der Waals surface area (Å²) in [7, 11) is 0. The number of hydrogen-bond acceptors (Lipinski definition) is 13. The quantitative estimate of drug-likeness (QED) is 0.173. The molecule has 4 aromatic rings. The zero-order valence-corrected chi connectivity index (χ0v) is 20.4. The van der Waals surface area contributed by atoms with Crippen LogP contribution < -0.4 is 10.5 Å². The number of aliphatic hydroxyl groups excluding tert-OH is 2. The molecular formula is C20H17ClF3N9O7. The Kier molecular flexibility index (Phi) is 6.92. The minimum absolute atomic E-state index is 0.0420. The highest BCUT2D eigenvalue weighted by Gasteiger charge is 2.51. The molecule has 0 aliphatic carbocycles. The lowest BCUT2D eigenvalue weighted by molar-refractivity contribution is -0.274. The van der Waals surface area contributed by atoms with Crippen LogP contribution in [0, 0.1) is 0 Å². The van der Waals surface area contributed by atoms with Gasteiger partial charge in [-0.2, -0.15) is 15.2 Å². The summed E-state index contributed by atoms with van der Waals surface area (Å²) >= 11 is 5.88. The maximum Gasteiger partial charge on any atom is 0.573 e. The van der Waals surface area contributed by atoms with E-state index in [1.807, 2.05) is 0 Å². The fraction of sp³-hybridized carbons (Fsp3) is 0.350. The first-order valence-electron chi connectivity index (χ1n) is 11.1. The molecule has 0 amide bonds. The highest BCUT2D eigenvalue weighted by Crippen LogP contribution is 2.37. The number of aromatic amines is 1. The van der Waals surface area contributed by atoms with Gasteiger partial charge in [0.15, 0.2) is 17.7 Å². The largest absolute Gasteiger partial charge is 0.573 e. The molecule has 5 atom stereocenters. The third-order valence-electron chi connectivity index (χ3n) is 5.95. The maximum atomic E-state index is 12.6. The normalized spacial score (nSPS) is 22.9. The van der Waals surface area contributed by atoms with Gasteiger partial charge in [-0.05, 0) is 23.7 Å². The molecular weight excluding hydrogens is 571 g/mol. The molecule has 0 saturated carbocycles. The lowest BCUT2D eigenvalue weighted by Crippen LogP contribution is -2.44. The van der Waals surface area contributed by atoms with Gasteiger partial charge >= 0.3 is 12.3 Å². The number of fused-ring (bicyclic) bond motifs is 1. The number of anilines is 1. The van der Waals surface area contributed by atoms with Gasteiger partial charge in [0.1, 0.15) is 29.6 Å². The van der Waals surface area contributed by atoms with Crippen LogP contribution in [0.1, 0.15) is 17.6 Å². The van der Waals surface area contributed by atoms with Crippen molar-refractivity contribution in [3.63, 3.8) is 0 Å². The number of ether oxygens (including phenoxy) is 3. The summed E-state index contributed by atoms with van der Waals surface area (Å²) in [6, 6.07) is 3.74. The Balaban J connectivity index is 1.44. The molecule has 0 radical (unpaired) electrons. The summed E-state index contributed by atoms with van der Waals surface area (Å²) in [6.07, 6.45) is -9.58. The first-order valence-corrected chi connectivity index (χ1v) is 11.4. The van der Waals surface area contributed by atoms with Gasteiger partial charge in [-0.25, -0.2) is 9.78 Å². The molecule has 1 aromatic carbocycles. The number of aliphatic hydroxyl groups is 2. The Labute approximate surface area is 224 Å². The van der Waals surface area contributed by atoms with Crippen molar-refractivity contribution in [3.05, 3.63) is 47.3 Å². The average Bonchev–Trinajstić information content (AvgIpc) is 3.61. The zero-order valence-electron chi connectivity index (χ0n) is 19.6. The van der Waals surface area contributed by atoms with Gasteiger partial charge in [-0.15, -0.1) is 23.4 Å². The number of nitrogens with one attached hydrogen (secondary N) is 1. The number of carboxylic acids is 1. The van der Waals surface area contributed by atoms with Gasteiger partial charge in [0, 0.05) is 5.56 Å². The molecule has 20 heteroatoms. The van der Waals surface area contributed by atoms with Gasteiger partial charge in [0.2, 0.25) is 11.1 Å². The number of carboxylic acid groups (broad SMARTS) is 1. The molecule has 0 bridgehead atoms. The van der Waals surface area contributed by atoms with E-state index < -0.39 is 60.7 Å². The van der Waals surface area contributed by atoms with Crippen LogP contribution in [0.2, 0.25) is 5.28 Å². The van der Waals surface area contributed by atoms with Crippen LogP contribution in [0.3, 0.4) is 0 Å². The van der Waals surface area contributed by atoms with Crippen LogP contribution in [-0.4, -0.2) is 92.7 Å². The first kappa shape index (κ1) is 27.4. The lowest BCUT2D eigenvalue weighted by atomic mass is 9.92. The molecule has 0 spiro atoms. The standard InChI is InChI=1S/C20H17ClF3N9O7/c21-18-27-13(25)10-14(28-18)33(6-26-10)15-12(35)11(34)9(39-15)5-38-19(17(36)37,16-29-31-32-30-16)7-1-3-8(4-2-7)40-20(22,23)24/h1-4,6,9,11-12,15,34-35H,5H2,(H,36,37)(H2,25,27,28)(H,29,30,31,32)/t9?,11-,12-,15-,19?/m1/s1. The zero-order chi connectivity index (χ0) is 28.8. The smallest absolute Gasteiger partial charge is 0.478 e. The summed E-state index contributed by atoms with van der Waals surface area (Å²) in [5, 5.41) is 44.2. The number of carbonyl (C=O) groups is 1. The van der Waals surface area contributed by atoms with E-state index in [2.05, 4.69) is 40.3 Å². The monoisotopic (exact) mass is 587 g/mol. The minimum Gasteiger partial charge on any atom is -0.478 e. The number of hydrogen-bond donors (Lipinski definition) is 5. The van der Waals surface area contributed by atoms with Gasteiger partial charge in [0.05, 0.1) is 12.9 Å². The Hall–Kier alpha value is -4.17. The number of nitrogens with zero attached hydrogens (tertiary/aromatic N) is 7. The number of benzene rings is 1. The van der Waals surface area contributed by atoms with Crippen LogP contribution >= 0.6 is 11.6 Å². The van der Waals surface area contributed by atoms with E-state index in [9.17, 15) is 33.3 Å².